The second kappa shape index (κ2) is 16.0. The second-order valence-electron chi connectivity index (χ2n) is 13.2. The molecule has 12 heteroatoms. The van der Waals surface area contributed by atoms with Gasteiger partial charge in [-0.3, -0.25) is 19.2 Å². The zero-order valence-electron chi connectivity index (χ0n) is 28.7. The molecule has 6 rings (SSSR count). The van der Waals surface area contributed by atoms with Crippen LogP contribution in [0.1, 0.15) is 128 Å². The summed E-state index contributed by atoms with van der Waals surface area (Å²) in [6.45, 7) is 0.551. The van der Waals surface area contributed by atoms with Crippen LogP contribution in [0.25, 0.3) is 0 Å². The van der Waals surface area contributed by atoms with E-state index < -0.39 is 20.0 Å². The fourth-order valence-corrected chi connectivity index (χ4v) is 8.94. The molecule has 0 bridgehead atoms. The number of hydrogen-bond acceptors (Lipinski definition) is 8. The van der Waals surface area contributed by atoms with Gasteiger partial charge in [0.25, 0.3) is 0 Å². The summed E-state index contributed by atoms with van der Waals surface area (Å²) in [4.78, 5) is 51.5. The number of unbranched alkanes of at least 4 members (excludes halogenated alkanes) is 9. The van der Waals surface area contributed by atoms with Gasteiger partial charge in [-0.2, -0.15) is 0 Å². The Morgan fingerprint density at radius 3 is 0.942 bits per heavy atom. The summed E-state index contributed by atoms with van der Waals surface area (Å²) in [6, 6.07) is 21.2. The third-order valence-corrected chi connectivity index (χ3v) is 12.5. The predicted octanol–water partition coefficient (Wildman–Crippen LogP) is 6.40. The minimum atomic E-state index is -3.84. The van der Waals surface area contributed by atoms with Crippen molar-refractivity contribution in [3.05, 3.63) is 129 Å². The van der Waals surface area contributed by atoms with Crippen molar-refractivity contribution < 1.29 is 36.0 Å². The number of hydrogen-bond donors (Lipinski definition) is 2. The molecular formula is C40H40N2O8S2. The van der Waals surface area contributed by atoms with Crippen LogP contribution in [0.2, 0.25) is 0 Å². The number of benzene rings is 4. The summed E-state index contributed by atoms with van der Waals surface area (Å²) in [5, 5.41) is 0. The molecule has 4 aromatic carbocycles. The van der Waals surface area contributed by atoms with Crippen molar-refractivity contribution >= 4 is 43.2 Å². The van der Waals surface area contributed by atoms with Crippen LogP contribution >= 0.6 is 0 Å². The van der Waals surface area contributed by atoms with Crippen molar-refractivity contribution in [1.82, 2.24) is 9.44 Å². The Bertz CT molecular complexity index is 2120. The maximum Gasteiger partial charge on any atom is 0.240 e. The number of rotatable bonds is 17. The molecular weight excluding hydrogens is 701 g/mol. The maximum atomic E-state index is 13.0. The fraction of sp³-hybridized carbons (Fsp3) is 0.300. The van der Waals surface area contributed by atoms with Gasteiger partial charge < -0.3 is 0 Å². The van der Waals surface area contributed by atoms with Gasteiger partial charge in [-0.15, -0.1) is 0 Å². The van der Waals surface area contributed by atoms with Gasteiger partial charge in [-0.25, -0.2) is 26.3 Å². The summed E-state index contributed by atoms with van der Waals surface area (Å²) in [6.07, 6.45) is 9.26. The molecule has 0 heterocycles. The second-order valence-corrected chi connectivity index (χ2v) is 16.7. The van der Waals surface area contributed by atoms with Crippen molar-refractivity contribution in [2.75, 3.05) is 13.1 Å². The van der Waals surface area contributed by atoms with E-state index in [1.54, 1.807) is 48.5 Å². The lowest BCUT2D eigenvalue weighted by Crippen LogP contribution is -2.26. The smallest absolute Gasteiger partial charge is 0.240 e. The van der Waals surface area contributed by atoms with Crippen LogP contribution in [-0.4, -0.2) is 53.1 Å². The van der Waals surface area contributed by atoms with E-state index in [1.165, 1.54) is 36.4 Å². The van der Waals surface area contributed by atoms with Gasteiger partial charge >= 0.3 is 0 Å². The molecule has 0 fully saturated rings. The Morgan fingerprint density at radius 1 is 0.346 bits per heavy atom. The van der Waals surface area contributed by atoms with E-state index in [-0.39, 0.29) is 79.4 Å². The lowest BCUT2D eigenvalue weighted by Gasteiger charge is -2.18. The van der Waals surface area contributed by atoms with Crippen molar-refractivity contribution in [2.45, 2.75) is 74.0 Å². The van der Waals surface area contributed by atoms with E-state index in [1.807, 2.05) is 0 Å². The van der Waals surface area contributed by atoms with E-state index in [4.69, 9.17) is 0 Å². The zero-order chi connectivity index (χ0) is 36.9. The van der Waals surface area contributed by atoms with Gasteiger partial charge in [0.2, 0.25) is 20.0 Å². The largest absolute Gasteiger partial charge is 0.289 e. The summed E-state index contributed by atoms with van der Waals surface area (Å²) in [5.41, 5.74) is 1.82. The normalized spacial score (nSPS) is 13.8. The van der Waals surface area contributed by atoms with Crippen molar-refractivity contribution in [1.29, 1.82) is 0 Å². The molecule has 0 radical (unpaired) electrons. The summed E-state index contributed by atoms with van der Waals surface area (Å²) in [5.74, 6) is -1.31. The molecule has 2 aliphatic rings. The summed E-state index contributed by atoms with van der Waals surface area (Å²) in [7, 11) is -7.68. The van der Waals surface area contributed by atoms with Crippen LogP contribution < -0.4 is 9.44 Å². The first-order chi connectivity index (χ1) is 25.0. The third-order valence-electron chi connectivity index (χ3n) is 9.60. The van der Waals surface area contributed by atoms with E-state index in [2.05, 4.69) is 9.44 Å². The van der Waals surface area contributed by atoms with Gasteiger partial charge in [0, 0.05) is 57.6 Å². The molecule has 0 aliphatic heterocycles. The topological polar surface area (TPSA) is 161 Å². The minimum absolute atomic E-state index is 0.0400. The van der Waals surface area contributed by atoms with E-state index >= 15 is 0 Å². The highest BCUT2D eigenvalue weighted by molar-refractivity contribution is 7.89. The van der Waals surface area contributed by atoms with Crippen LogP contribution in [0, 0.1) is 0 Å². The Morgan fingerprint density at radius 2 is 0.615 bits per heavy atom. The number of nitrogens with one attached hydrogen (secondary N) is 2. The number of sulfonamides is 2. The van der Waals surface area contributed by atoms with Gasteiger partial charge in [0.15, 0.2) is 23.1 Å². The minimum Gasteiger partial charge on any atom is -0.289 e. The first kappa shape index (κ1) is 37.1. The third kappa shape index (κ3) is 7.90. The SMILES string of the molecule is O=C1c2ccccc2C(=O)c2cc(S(=O)(=O)NCCCCCCCCCCCCNS(=O)(=O)c3ccc4c(c3)C(=O)c3ccccc3C4=O)ccc21. The highest BCUT2D eigenvalue weighted by Crippen LogP contribution is 2.30. The van der Waals surface area contributed by atoms with Crippen LogP contribution in [0.4, 0.5) is 0 Å². The maximum absolute atomic E-state index is 13.0. The Hall–Kier alpha value is -4.62. The van der Waals surface area contributed by atoms with Crippen molar-refractivity contribution in [3.8, 4) is 0 Å². The van der Waals surface area contributed by atoms with Crippen molar-refractivity contribution in [3.63, 3.8) is 0 Å². The highest BCUT2D eigenvalue weighted by atomic mass is 32.2. The van der Waals surface area contributed by atoms with Crippen LogP contribution in [0.3, 0.4) is 0 Å². The lowest BCUT2D eigenvalue weighted by atomic mass is 9.84. The molecule has 0 amide bonds. The number of fused-ring (bicyclic) bond motifs is 4. The molecule has 0 saturated heterocycles. The number of ketones is 4. The van der Waals surface area contributed by atoms with E-state index in [0.29, 0.717) is 24.0 Å². The molecule has 10 nitrogen and oxygen atoms in total. The quantitative estimate of drug-likeness (QED) is 0.102. The Labute approximate surface area is 304 Å². The lowest BCUT2D eigenvalue weighted by molar-refractivity contribution is 0.0979. The molecule has 0 unspecified atom stereocenters. The monoisotopic (exact) mass is 740 g/mol. The fourth-order valence-electron chi connectivity index (χ4n) is 6.74. The first-order valence-electron chi connectivity index (χ1n) is 17.6. The van der Waals surface area contributed by atoms with Gasteiger partial charge in [0.05, 0.1) is 9.79 Å². The van der Waals surface area contributed by atoms with Crippen LogP contribution in [-0.2, 0) is 20.0 Å². The molecule has 0 saturated carbocycles. The Kier molecular flexibility index (Phi) is 11.4. The first-order valence-corrected chi connectivity index (χ1v) is 20.6. The molecule has 0 aromatic heterocycles. The molecule has 0 atom stereocenters. The Balaban J connectivity index is 0.828. The average Bonchev–Trinajstić information content (AvgIpc) is 3.15. The van der Waals surface area contributed by atoms with Crippen LogP contribution in [0.15, 0.2) is 94.7 Å². The molecule has 2 N–H and O–H groups in total. The molecule has 2 aliphatic carbocycles. The van der Waals surface area contributed by atoms with E-state index in [9.17, 15) is 36.0 Å². The molecule has 52 heavy (non-hydrogen) atoms. The number of carbonyl (C=O) groups is 4. The zero-order valence-corrected chi connectivity index (χ0v) is 30.3. The van der Waals surface area contributed by atoms with Crippen molar-refractivity contribution in [2.24, 2.45) is 0 Å². The molecule has 270 valence electrons. The highest BCUT2D eigenvalue weighted by Gasteiger charge is 2.32. The molecule has 0 spiro atoms. The standard InChI is InChI=1S/C40H40N2O8S2/c43-37-29-15-9-11-17-31(29)39(45)35-25-27(19-21-33(35)37)51(47,48)41-23-13-7-5-3-1-2-4-6-8-14-24-42-52(49,50)28-20-22-34-36(26-28)40(46)32-18-12-10-16-30(32)38(34)44/h9-12,15-22,25-26,41-42H,1-8,13-14,23-24H2. The van der Waals surface area contributed by atoms with Gasteiger partial charge in [0.1, 0.15) is 0 Å². The number of carbonyl (C=O) groups excluding carboxylic acids is 4. The summed E-state index contributed by atoms with van der Waals surface area (Å²) >= 11 is 0. The summed E-state index contributed by atoms with van der Waals surface area (Å²) < 4.78 is 56.8. The van der Waals surface area contributed by atoms with Gasteiger partial charge in [-0.05, 0) is 49.2 Å². The van der Waals surface area contributed by atoms with E-state index in [0.717, 1.165) is 51.4 Å². The predicted molar refractivity (Wildman–Crippen MR) is 196 cm³/mol. The van der Waals surface area contributed by atoms with Crippen LogP contribution in [0.5, 0.6) is 0 Å². The van der Waals surface area contributed by atoms with Gasteiger partial charge in [-0.1, -0.05) is 99.9 Å². The molecule has 4 aromatic rings. The average molecular weight is 741 g/mol.